The lowest BCUT2D eigenvalue weighted by Crippen LogP contribution is -2.28. The molecule has 6 nitrogen and oxygen atoms in total. The number of hydrogen-bond donors (Lipinski definition) is 0. The number of aromatic nitrogens is 2. The van der Waals surface area contributed by atoms with Crippen molar-refractivity contribution < 1.29 is 9.53 Å². The maximum atomic E-state index is 12.7. The van der Waals surface area contributed by atoms with Crippen molar-refractivity contribution in [2.45, 2.75) is 26.4 Å². The summed E-state index contributed by atoms with van der Waals surface area (Å²) in [6, 6.07) is 15.8. The Morgan fingerprint density at radius 2 is 1.72 bits per heavy atom. The lowest BCUT2D eigenvalue weighted by atomic mass is 10.2. The summed E-state index contributed by atoms with van der Waals surface area (Å²) in [4.78, 5) is 25.0. The molecule has 0 N–H and O–H groups in total. The van der Waals surface area contributed by atoms with Gasteiger partial charge in [-0.3, -0.25) is 9.13 Å². The fraction of sp³-hybridized carbons (Fsp3) is 0.211. The second-order valence-electron chi connectivity index (χ2n) is 5.59. The summed E-state index contributed by atoms with van der Waals surface area (Å²) in [5.74, 6) is -0.399. The molecule has 1 aromatic heterocycles. The van der Waals surface area contributed by atoms with Crippen LogP contribution in [-0.4, -0.2) is 15.1 Å². The number of ether oxygens (including phenoxy) is 1. The number of para-hydroxylation sites is 3. The Morgan fingerprint density at radius 3 is 2.40 bits per heavy atom. The lowest BCUT2D eigenvalue weighted by molar-refractivity contribution is -0.135. The number of benzene rings is 2. The van der Waals surface area contributed by atoms with E-state index >= 15 is 0 Å². The van der Waals surface area contributed by atoms with Crippen LogP contribution in [0.25, 0.3) is 11.0 Å². The fourth-order valence-corrected chi connectivity index (χ4v) is 2.80. The SMILES string of the molecule is CCCn1c(=O)n(CC(=O)Oc2ccccc2C#N)c2ccccc21. The molecule has 0 aliphatic carbocycles. The van der Waals surface area contributed by atoms with Crippen LogP contribution in [0, 0.1) is 11.3 Å². The summed E-state index contributed by atoms with van der Waals surface area (Å²) in [5.41, 5.74) is 1.51. The van der Waals surface area contributed by atoms with Crippen LogP contribution in [0.15, 0.2) is 53.3 Å². The minimum atomic E-state index is -0.593. The number of carbonyl (C=O) groups is 1. The number of imidazole rings is 1. The van der Waals surface area contributed by atoms with Crippen LogP contribution in [0.5, 0.6) is 5.75 Å². The van der Waals surface area contributed by atoms with Crippen molar-refractivity contribution in [3.8, 4) is 11.8 Å². The van der Waals surface area contributed by atoms with Gasteiger partial charge >= 0.3 is 11.7 Å². The van der Waals surface area contributed by atoms with Gasteiger partial charge in [0.1, 0.15) is 18.4 Å². The highest BCUT2D eigenvalue weighted by molar-refractivity contribution is 5.79. The molecule has 1 heterocycles. The van der Waals surface area contributed by atoms with Crippen LogP contribution in [0.1, 0.15) is 18.9 Å². The molecular weight excluding hydrogens is 318 g/mol. The highest BCUT2D eigenvalue weighted by Gasteiger charge is 2.16. The third-order valence-corrected chi connectivity index (χ3v) is 3.89. The molecule has 0 saturated heterocycles. The first kappa shape index (κ1) is 16.5. The van der Waals surface area contributed by atoms with E-state index in [4.69, 9.17) is 10.00 Å². The quantitative estimate of drug-likeness (QED) is 0.530. The molecule has 0 fully saturated rings. The number of carbonyl (C=O) groups excluding carboxylic acids is 1. The normalized spacial score (nSPS) is 10.6. The maximum absolute atomic E-state index is 12.7. The van der Waals surface area contributed by atoms with Crippen molar-refractivity contribution in [1.82, 2.24) is 9.13 Å². The van der Waals surface area contributed by atoms with Crippen molar-refractivity contribution in [3.05, 3.63) is 64.6 Å². The lowest BCUT2D eigenvalue weighted by Gasteiger charge is -2.06. The Balaban J connectivity index is 1.93. The summed E-state index contributed by atoms with van der Waals surface area (Å²) in [5, 5.41) is 9.07. The smallest absolute Gasteiger partial charge is 0.331 e. The second kappa shape index (κ2) is 7.05. The second-order valence-corrected chi connectivity index (χ2v) is 5.59. The third-order valence-electron chi connectivity index (χ3n) is 3.89. The summed E-state index contributed by atoms with van der Waals surface area (Å²) in [6.45, 7) is 2.36. The molecular formula is C19H17N3O3. The van der Waals surface area contributed by atoms with Crippen molar-refractivity contribution >= 4 is 17.0 Å². The van der Waals surface area contributed by atoms with Gasteiger partial charge in [-0.1, -0.05) is 31.2 Å². The van der Waals surface area contributed by atoms with Crippen LogP contribution in [0.2, 0.25) is 0 Å². The molecule has 0 radical (unpaired) electrons. The van der Waals surface area contributed by atoms with Crippen molar-refractivity contribution in [1.29, 1.82) is 5.26 Å². The van der Waals surface area contributed by atoms with E-state index in [1.807, 2.05) is 31.2 Å². The van der Waals surface area contributed by atoms with Gasteiger partial charge in [0.05, 0.1) is 16.6 Å². The van der Waals surface area contributed by atoms with E-state index in [1.165, 1.54) is 4.57 Å². The molecule has 3 rings (SSSR count). The van der Waals surface area contributed by atoms with E-state index < -0.39 is 5.97 Å². The predicted molar refractivity (Wildman–Crippen MR) is 93.3 cm³/mol. The van der Waals surface area contributed by atoms with Gasteiger partial charge in [0.2, 0.25) is 0 Å². The molecule has 0 saturated carbocycles. The zero-order chi connectivity index (χ0) is 17.8. The largest absolute Gasteiger partial charge is 0.424 e. The molecule has 2 aromatic carbocycles. The number of aryl methyl sites for hydroxylation is 1. The Hall–Kier alpha value is -3.33. The van der Waals surface area contributed by atoms with Crippen LogP contribution < -0.4 is 10.4 Å². The number of nitrogens with zero attached hydrogens (tertiary/aromatic N) is 3. The minimum absolute atomic E-state index is 0.195. The fourth-order valence-electron chi connectivity index (χ4n) is 2.80. The van der Waals surface area contributed by atoms with E-state index in [0.717, 1.165) is 11.9 Å². The molecule has 0 atom stereocenters. The zero-order valence-electron chi connectivity index (χ0n) is 13.8. The van der Waals surface area contributed by atoms with Gasteiger partial charge in [0.15, 0.2) is 0 Å². The van der Waals surface area contributed by atoms with E-state index in [0.29, 0.717) is 12.1 Å². The summed E-state index contributed by atoms with van der Waals surface area (Å²) in [7, 11) is 0. The number of fused-ring (bicyclic) bond motifs is 1. The van der Waals surface area contributed by atoms with E-state index in [2.05, 4.69) is 0 Å². The first-order valence-corrected chi connectivity index (χ1v) is 8.03. The number of hydrogen-bond acceptors (Lipinski definition) is 4. The van der Waals surface area contributed by atoms with Crippen LogP contribution in [0.4, 0.5) is 0 Å². The minimum Gasteiger partial charge on any atom is -0.424 e. The number of rotatable bonds is 5. The van der Waals surface area contributed by atoms with Crippen molar-refractivity contribution in [2.24, 2.45) is 0 Å². The third kappa shape index (κ3) is 3.17. The molecule has 0 spiro atoms. The molecule has 0 amide bonds. The highest BCUT2D eigenvalue weighted by atomic mass is 16.5. The van der Waals surface area contributed by atoms with Crippen molar-refractivity contribution in [3.63, 3.8) is 0 Å². The topological polar surface area (TPSA) is 77.0 Å². The Kier molecular flexibility index (Phi) is 4.66. The first-order valence-electron chi connectivity index (χ1n) is 8.03. The van der Waals surface area contributed by atoms with Gasteiger partial charge in [0, 0.05) is 6.54 Å². The summed E-state index contributed by atoms with van der Waals surface area (Å²) >= 11 is 0. The van der Waals surface area contributed by atoms with Crippen LogP contribution >= 0.6 is 0 Å². The summed E-state index contributed by atoms with van der Waals surface area (Å²) in [6.07, 6.45) is 0.813. The van der Waals surface area contributed by atoms with Gasteiger partial charge in [-0.05, 0) is 30.7 Å². The van der Waals surface area contributed by atoms with Gasteiger partial charge in [-0.2, -0.15) is 5.26 Å². The molecule has 0 aliphatic rings. The first-order chi connectivity index (χ1) is 12.2. The van der Waals surface area contributed by atoms with E-state index in [9.17, 15) is 9.59 Å². The van der Waals surface area contributed by atoms with E-state index in [1.54, 1.807) is 34.9 Å². The van der Waals surface area contributed by atoms with Gasteiger partial charge in [0.25, 0.3) is 0 Å². The number of esters is 1. The van der Waals surface area contributed by atoms with E-state index in [-0.39, 0.29) is 23.5 Å². The molecule has 0 bridgehead atoms. The predicted octanol–water partition coefficient (Wildman–Crippen LogP) is 2.69. The monoisotopic (exact) mass is 335 g/mol. The number of nitriles is 1. The van der Waals surface area contributed by atoms with Gasteiger partial charge in [-0.15, -0.1) is 0 Å². The molecule has 126 valence electrons. The zero-order valence-corrected chi connectivity index (χ0v) is 13.8. The Labute approximate surface area is 144 Å². The molecule has 25 heavy (non-hydrogen) atoms. The highest BCUT2D eigenvalue weighted by Crippen LogP contribution is 2.18. The maximum Gasteiger partial charge on any atom is 0.331 e. The Bertz CT molecular complexity index is 1020. The molecule has 3 aromatic rings. The van der Waals surface area contributed by atoms with Gasteiger partial charge in [-0.25, -0.2) is 9.59 Å². The van der Waals surface area contributed by atoms with Crippen LogP contribution in [-0.2, 0) is 17.9 Å². The molecule has 6 heteroatoms. The van der Waals surface area contributed by atoms with Crippen LogP contribution in [0.3, 0.4) is 0 Å². The Morgan fingerprint density at radius 1 is 1.08 bits per heavy atom. The molecule has 0 unspecified atom stereocenters. The average molecular weight is 335 g/mol. The average Bonchev–Trinajstić information content (AvgIpc) is 2.88. The standard InChI is InChI=1S/C19H17N3O3/c1-2-11-21-15-8-4-5-9-16(15)22(19(21)24)13-18(23)25-17-10-6-3-7-14(17)12-20/h3-10H,2,11,13H2,1H3. The molecule has 0 aliphatic heterocycles. The summed E-state index contributed by atoms with van der Waals surface area (Å²) < 4.78 is 8.35. The van der Waals surface area contributed by atoms with Gasteiger partial charge < -0.3 is 4.74 Å². The van der Waals surface area contributed by atoms with Crippen molar-refractivity contribution in [2.75, 3.05) is 0 Å².